The Morgan fingerprint density at radius 2 is 2.62 bits per heavy atom. The van der Waals surface area contributed by atoms with Crippen LogP contribution in [0.5, 0.6) is 0 Å². The summed E-state index contributed by atoms with van der Waals surface area (Å²) in [5.41, 5.74) is 6.27. The van der Waals surface area contributed by atoms with Gasteiger partial charge in [0.2, 0.25) is 0 Å². The van der Waals surface area contributed by atoms with E-state index in [2.05, 4.69) is 15.5 Å². The van der Waals surface area contributed by atoms with Crippen LogP contribution in [0.2, 0.25) is 0 Å². The van der Waals surface area contributed by atoms with Crippen molar-refractivity contribution in [3.8, 4) is 0 Å². The first kappa shape index (κ1) is 10.9. The van der Waals surface area contributed by atoms with E-state index in [4.69, 9.17) is 10.5 Å². The monoisotopic (exact) mass is 224 g/mol. The number of aromatic nitrogens is 2. The molecular formula is C10H16N4O2. The van der Waals surface area contributed by atoms with Crippen LogP contribution in [-0.4, -0.2) is 35.9 Å². The minimum Gasteiger partial charge on any atom is -0.396 e. The van der Waals surface area contributed by atoms with E-state index in [1.165, 1.54) is 6.20 Å². The molecule has 0 spiro atoms. The second-order valence-corrected chi connectivity index (χ2v) is 3.97. The van der Waals surface area contributed by atoms with Gasteiger partial charge in [0.1, 0.15) is 5.69 Å². The lowest BCUT2D eigenvalue weighted by molar-refractivity contribution is 0.0946. The van der Waals surface area contributed by atoms with Crippen molar-refractivity contribution in [2.75, 3.05) is 25.5 Å². The third-order valence-corrected chi connectivity index (χ3v) is 2.76. The Labute approximate surface area is 93.5 Å². The highest BCUT2D eigenvalue weighted by atomic mass is 16.5. The Balaban J connectivity index is 1.73. The largest absolute Gasteiger partial charge is 0.396 e. The molecular weight excluding hydrogens is 208 g/mol. The lowest BCUT2D eigenvalue weighted by Gasteiger charge is -2.08. The van der Waals surface area contributed by atoms with Gasteiger partial charge in [-0.15, -0.1) is 0 Å². The number of nitrogens with two attached hydrogens (primary N) is 1. The summed E-state index contributed by atoms with van der Waals surface area (Å²) in [6.07, 6.45) is 3.46. The van der Waals surface area contributed by atoms with Crippen molar-refractivity contribution in [1.82, 2.24) is 15.5 Å². The van der Waals surface area contributed by atoms with E-state index >= 15 is 0 Å². The number of carbonyl (C=O) groups excluding carboxylic acids is 1. The zero-order valence-corrected chi connectivity index (χ0v) is 9.03. The molecule has 2 heterocycles. The average molecular weight is 224 g/mol. The van der Waals surface area contributed by atoms with E-state index in [1.807, 2.05) is 0 Å². The van der Waals surface area contributed by atoms with Crippen molar-refractivity contribution in [3.05, 3.63) is 11.9 Å². The predicted molar refractivity (Wildman–Crippen MR) is 58.9 cm³/mol. The summed E-state index contributed by atoms with van der Waals surface area (Å²) in [7, 11) is 0. The van der Waals surface area contributed by atoms with Gasteiger partial charge in [-0.3, -0.25) is 9.89 Å². The topological polar surface area (TPSA) is 93.0 Å². The molecule has 6 nitrogen and oxygen atoms in total. The summed E-state index contributed by atoms with van der Waals surface area (Å²) >= 11 is 0. The van der Waals surface area contributed by atoms with Crippen LogP contribution in [0.1, 0.15) is 23.3 Å². The summed E-state index contributed by atoms with van der Waals surface area (Å²) in [5.74, 6) is 0.369. The Kier molecular flexibility index (Phi) is 3.40. The molecule has 1 aliphatic heterocycles. The lowest BCUT2D eigenvalue weighted by atomic mass is 10.1. The number of nitrogens with zero attached hydrogens (tertiary/aromatic N) is 1. The number of carbonyl (C=O) groups is 1. The number of aromatic amines is 1. The predicted octanol–water partition coefficient (Wildman–Crippen LogP) is 0.148. The summed E-state index contributed by atoms with van der Waals surface area (Å²) in [4.78, 5) is 11.6. The minimum atomic E-state index is -0.200. The van der Waals surface area contributed by atoms with Crippen LogP contribution < -0.4 is 11.1 Å². The first-order valence-electron chi connectivity index (χ1n) is 5.42. The fourth-order valence-corrected chi connectivity index (χ4v) is 1.77. The number of hydrogen-bond acceptors (Lipinski definition) is 4. The molecule has 0 aliphatic carbocycles. The lowest BCUT2D eigenvalue weighted by Crippen LogP contribution is -2.27. The molecule has 1 amide bonds. The number of anilines is 1. The van der Waals surface area contributed by atoms with Crippen molar-refractivity contribution in [1.29, 1.82) is 0 Å². The molecule has 0 radical (unpaired) electrons. The van der Waals surface area contributed by atoms with Gasteiger partial charge in [0, 0.05) is 19.8 Å². The Hall–Kier alpha value is -1.56. The third kappa shape index (κ3) is 2.52. The maximum atomic E-state index is 11.6. The summed E-state index contributed by atoms with van der Waals surface area (Å²) in [6, 6.07) is 0. The average Bonchev–Trinajstić information content (AvgIpc) is 2.88. The van der Waals surface area contributed by atoms with Gasteiger partial charge in [-0.2, -0.15) is 5.10 Å². The highest BCUT2D eigenvalue weighted by Crippen LogP contribution is 2.15. The zero-order valence-electron chi connectivity index (χ0n) is 9.03. The molecule has 1 atom stereocenters. The zero-order chi connectivity index (χ0) is 11.4. The van der Waals surface area contributed by atoms with Crippen LogP contribution in [-0.2, 0) is 4.74 Å². The molecule has 0 saturated carbocycles. The van der Waals surface area contributed by atoms with Gasteiger partial charge in [-0.25, -0.2) is 0 Å². The second-order valence-electron chi connectivity index (χ2n) is 3.97. The molecule has 1 aliphatic rings. The highest BCUT2D eigenvalue weighted by Gasteiger charge is 2.16. The first-order chi connectivity index (χ1) is 7.77. The first-order valence-corrected chi connectivity index (χ1v) is 5.42. The quantitative estimate of drug-likeness (QED) is 0.678. The number of hydrogen-bond donors (Lipinski definition) is 3. The molecule has 1 saturated heterocycles. The van der Waals surface area contributed by atoms with Gasteiger partial charge >= 0.3 is 0 Å². The highest BCUT2D eigenvalue weighted by molar-refractivity contribution is 5.96. The number of nitrogen functional groups attached to an aromatic ring is 1. The van der Waals surface area contributed by atoms with Crippen molar-refractivity contribution in [2.24, 2.45) is 5.92 Å². The SMILES string of the molecule is Nc1cn[nH]c1C(=O)NCCC1CCOC1. The van der Waals surface area contributed by atoms with Gasteiger partial charge in [0.25, 0.3) is 5.91 Å². The van der Waals surface area contributed by atoms with Crippen LogP contribution in [0.15, 0.2) is 6.20 Å². The Morgan fingerprint density at radius 1 is 1.75 bits per heavy atom. The second kappa shape index (κ2) is 4.98. The van der Waals surface area contributed by atoms with E-state index in [-0.39, 0.29) is 5.91 Å². The molecule has 0 aromatic carbocycles. The summed E-state index contributed by atoms with van der Waals surface area (Å²) < 4.78 is 5.26. The fourth-order valence-electron chi connectivity index (χ4n) is 1.77. The molecule has 1 fully saturated rings. The normalized spacial score (nSPS) is 19.9. The Bertz CT molecular complexity index is 357. The number of H-pyrrole nitrogens is 1. The maximum absolute atomic E-state index is 11.6. The number of amides is 1. The molecule has 6 heteroatoms. The number of rotatable bonds is 4. The fraction of sp³-hybridized carbons (Fsp3) is 0.600. The number of nitrogens with one attached hydrogen (secondary N) is 2. The maximum Gasteiger partial charge on any atom is 0.271 e. The Morgan fingerprint density at radius 3 is 3.25 bits per heavy atom. The van der Waals surface area contributed by atoms with E-state index in [9.17, 15) is 4.79 Å². The van der Waals surface area contributed by atoms with Gasteiger partial charge in [0.05, 0.1) is 11.9 Å². The van der Waals surface area contributed by atoms with Crippen molar-refractivity contribution >= 4 is 11.6 Å². The number of ether oxygens (including phenoxy) is 1. The van der Waals surface area contributed by atoms with Crippen molar-refractivity contribution in [3.63, 3.8) is 0 Å². The molecule has 0 bridgehead atoms. The summed E-state index contributed by atoms with van der Waals surface area (Å²) in [5, 5.41) is 9.08. The van der Waals surface area contributed by atoms with Gasteiger partial charge in [0.15, 0.2) is 0 Å². The molecule has 1 unspecified atom stereocenters. The van der Waals surface area contributed by atoms with Crippen LogP contribution in [0.3, 0.4) is 0 Å². The summed E-state index contributed by atoms with van der Waals surface area (Å²) in [6.45, 7) is 2.29. The van der Waals surface area contributed by atoms with Crippen LogP contribution >= 0.6 is 0 Å². The van der Waals surface area contributed by atoms with Gasteiger partial charge < -0.3 is 15.8 Å². The molecule has 1 aromatic rings. The smallest absolute Gasteiger partial charge is 0.271 e. The third-order valence-electron chi connectivity index (χ3n) is 2.76. The molecule has 88 valence electrons. The molecule has 2 rings (SSSR count). The van der Waals surface area contributed by atoms with E-state index < -0.39 is 0 Å². The van der Waals surface area contributed by atoms with Gasteiger partial charge in [-0.05, 0) is 18.8 Å². The molecule has 4 N–H and O–H groups in total. The molecule has 1 aromatic heterocycles. The van der Waals surface area contributed by atoms with E-state index in [1.54, 1.807) is 0 Å². The standard InChI is InChI=1S/C10H16N4O2/c11-8-5-13-14-9(8)10(15)12-3-1-7-2-4-16-6-7/h5,7H,1-4,6,11H2,(H,12,15)(H,13,14). The van der Waals surface area contributed by atoms with E-state index in [0.29, 0.717) is 23.8 Å². The van der Waals surface area contributed by atoms with Crippen LogP contribution in [0, 0.1) is 5.92 Å². The minimum absolute atomic E-state index is 0.200. The van der Waals surface area contributed by atoms with Crippen LogP contribution in [0.4, 0.5) is 5.69 Å². The van der Waals surface area contributed by atoms with Crippen molar-refractivity contribution < 1.29 is 9.53 Å². The molecule has 16 heavy (non-hydrogen) atoms. The van der Waals surface area contributed by atoms with Gasteiger partial charge in [-0.1, -0.05) is 0 Å². The van der Waals surface area contributed by atoms with Crippen LogP contribution in [0.25, 0.3) is 0 Å². The van der Waals surface area contributed by atoms with Crippen molar-refractivity contribution in [2.45, 2.75) is 12.8 Å². The van der Waals surface area contributed by atoms with E-state index in [0.717, 1.165) is 26.1 Å².